The van der Waals surface area contributed by atoms with Crippen LogP contribution in [0.2, 0.25) is 0 Å². The smallest absolute Gasteiger partial charge is 0.239 e. The number of nitrogens with zero attached hydrogens (tertiary/aromatic N) is 1. The number of ether oxygens (including phenoxy) is 1. The summed E-state index contributed by atoms with van der Waals surface area (Å²) >= 11 is 0. The molecule has 1 saturated heterocycles. The van der Waals surface area contributed by atoms with Crippen molar-refractivity contribution in [3.8, 4) is 5.75 Å². The Labute approximate surface area is 108 Å². The van der Waals surface area contributed by atoms with Crippen LogP contribution in [0, 0.1) is 0 Å². The maximum atomic E-state index is 12.0. The minimum Gasteiger partial charge on any atom is -0.497 e. The third kappa shape index (κ3) is 2.48. The van der Waals surface area contributed by atoms with Crippen LogP contribution in [0.15, 0.2) is 24.3 Å². The van der Waals surface area contributed by atoms with Gasteiger partial charge in [0.2, 0.25) is 5.91 Å². The van der Waals surface area contributed by atoms with Crippen LogP contribution in [0.5, 0.6) is 5.75 Å². The molecule has 0 radical (unpaired) electrons. The Bertz CT molecular complexity index is 414. The number of methoxy groups -OCH3 is 1. The molecule has 0 aliphatic carbocycles. The Morgan fingerprint density at radius 3 is 2.67 bits per heavy atom. The van der Waals surface area contributed by atoms with Gasteiger partial charge in [-0.3, -0.25) is 4.79 Å². The molecule has 0 saturated carbocycles. The summed E-state index contributed by atoms with van der Waals surface area (Å²) in [5, 5.41) is 0. The molecule has 1 fully saturated rings. The Morgan fingerprint density at radius 2 is 2.11 bits per heavy atom. The van der Waals surface area contributed by atoms with Crippen LogP contribution in [0.4, 0.5) is 0 Å². The first-order chi connectivity index (χ1) is 8.63. The van der Waals surface area contributed by atoms with E-state index >= 15 is 0 Å². The van der Waals surface area contributed by atoms with Gasteiger partial charge in [0.05, 0.1) is 19.2 Å². The zero-order chi connectivity index (χ0) is 13.1. The van der Waals surface area contributed by atoms with Crippen molar-refractivity contribution in [2.45, 2.75) is 31.8 Å². The van der Waals surface area contributed by atoms with E-state index < -0.39 is 6.04 Å². The average Bonchev–Trinajstić information content (AvgIpc) is 2.87. The Balaban J connectivity index is 2.17. The van der Waals surface area contributed by atoms with E-state index in [1.54, 1.807) is 14.0 Å². The maximum absolute atomic E-state index is 12.0. The van der Waals surface area contributed by atoms with Crippen molar-refractivity contribution in [2.75, 3.05) is 13.7 Å². The van der Waals surface area contributed by atoms with Crippen LogP contribution >= 0.6 is 0 Å². The quantitative estimate of drug-likeness (QED) is 0.886. The number of benzene rings is 1. The standard InChI is InChI=1S/C14H20N2O2/c1-10(15)14(17)16-9-3-4-13(16)11-5-7-12(18-2)8-6-11/h5-8,10,13H,3-4,9,15H2,1-2H3/t10-,13?/m1/s1. The molecule has 1 aromatic rings. The van der Waals surface area contributed by atoms with Crippen LogP contribution in [-0.4, -0.2) is 30.5 Å². The molecule has 0 spiro atoms. The Hall–Kier alpha value is -1.55. The van der Waals surface area contributed by atoms with Gasteiger partial charge in [0.1, 0.15) is 5.75 Å². The van der Waals surface area contributed by atoms with Gasteiger partial charge < -0.3 is 15.4 Å². The predicted octanol–water partition coefficient (Wildman–Crippen LogP) is 1.71. The second-order valence-corrected chi connectivity index (χ2v) is 4.75. The summed E-state index contributed by atoms with van der Waals surface area (Å²) in [6.45, 7) is 2.54. The van der Waals surface area contributed by atoms with Gasteiger partial charge in [-0.1, -0.05) is 12.1 Å². The number of carbonyl (C=O) groups is 1. The first-order valence-electron chi connectivity index (χ1n) is 6.33. The van der Waals surface area contributed by atoms with Crippen LogP contribution in [-0.2, 0) is 4.79 Å². The maximum Gasteiger partial charge on any atom is 0.239 e. The first kappa shape index (κ1) is 12.9. The molecule has 2 atom stereocenters. The molecule has 1 heterocycles. The monoisotopic (exact) mass is 248 g/mol. The number of hydrogen-bond donors (Lipinski definition) is 1. The van der Waals surface area contributed by atoms with E-state index in [1.807, 2.05) is 29.2 Å². The highest BCUT2D eigenvalue weighted by Crippen LogP contribution is 2.32. The first-order valence-corrected chi connectivity index (χ1v) is 6.33. The summed E-state index contributed by atoms with van der Waals surface area (Å²) in [4.78, 5) is 13.9. The molecular formula is C14H20N2O2. The van der Waals surface area contributed by atoms with Crippen molar-refractivity contribution in [3.63, 3.8) is 0 Å². The van der Waals surface area contributed by atoms with Gasteiger partial charge in [0.15, 0.2) is 0 Å². The molecule has 1 aliphatic rings. The van der Waals surface area contributed by atoms with Crippen molar-refractivity contribution in [1.82, 2.24) is 4.90 Å². The zero-order valence-corrected chi connectivity index (χ0v) is 10.9. The van der Waals surface area contributed by atoms with E-state index in [1.165, 1.54) is 0 Å². The summed E-state index contributed by atoms with van der Waals surface area (Å²) in [5.41, 5.74) is 6.85. The van der Waals surface area contributed by atoms with Crippen molar-refractivity contribution in [2.24, 2.45) is 5.73 Å². The summed E-state index contributed by atoms with van der Waals surface area (Å²) in [5.74, 6) is 0.870. The number of rotatable bonds is 3. The molecule has 2 N–H and O–H groups in total. The predicted molar refractivity (Wildman–Crippen MR) is 70.3 cm³/mol. The zero-order valence-electron chi connectivity index (χ0n) is 10.9. The molecule has 4 heteroatoms. The molecule has 1 aromatic carbocycles. The van der Waals surface area contributed by atoms with Crippen molar-refractivity contribution in [3.05, 3.63) is 29.8 Å². The largest absolute Gasteiger partial charge is 0.497 e. The van der Waals surface area contributed by atoms with Crippen molar-refractivity contribution < 1.29 is 9.53 Å². The highest BCUT2D eigenvalue weighted by Gasteiger charge is 2.31. The van der Waals surface area contributed by atoms with Crippen LogP contribution in [0.25, 0.3) is 0 Å². The van der Waals surface area contributed by atoms with Gasteiger partial charge in [-0.25, -0.2) is 0 Å². The third-order valence-corrected chi connectivity index (χ3v) is 3.43. The van der Waals surface area contributed by atoms with Gasteiger partial charge in [-0.05, 0) is 37.5 Å². The lowest BCUT2D eigenvalue weighted by molar-refractivity contribution is -0.133. The van der Waals surface area contributed by atoms with Gasteiger partial charge >= 0.3 is 0 Å². The fourth-order valence-corrected chi connectivity index (χ4v) is 2.46. The number of carbonyl (C=O) groups excluding carboxylic acids is 1. The number of nitrogens with two attached hydrogens (primary N) is 1. The highest BCUT2D eigenvalue weighted by molar-refractivity contribution is 5.81. The summed E-state index contributed by atoms with van der Waals surface area (Å²) in [7, 11) is 1.65. The van der Waals surface area contributed by atoms with E-state index in [-0.39, 0.29) is 11.9 Å². The van der Waals surface area contributed by atoms with E-state index in [4.69, 9.17) is 10.5 Å². The van der Waals surface area contributed by atoms with Crippen molar-refractivity contribution >= 4 is 5.91 Å². The molecule has 98 valence electrons. The minimum atomic E-state index is -0.427. The Kier molecular flexibility index (Phi) is 3.87. The van der Waals surface area contributed by atoms with E-state index in [0.717, 1.165) is 30.7 Å². The molecule has 1 unspecified atom stereocenters. The molecule has 0 bridgehead atoms. The van der Waals surface area contributed by atoms with E-state index in [2.05, 4.69) is 0 Å². The molecule has 18 heavy (non-hydrogen) atoms. The van der Waals surface area contributed by atoms with Gasteiger partial charge in [0.25, 0.3) is 0 Å². The molecular weight excluding hydrogens is 228 g/mol. The second-order valence-electron chi connectivity index (χ2n) is 4.75. The second kappa shape index (κ2) is 5.40. The SMILES string of the molecule is COc1ccc(C2CCCN2C(=O)[C@@H](C)N)cc1. The van der Waals surface area contributed by atoms with Gasteiger partial charge in [0, 0.05) is 6.54 Å². The highest BCUT2D eigenvalue weighted by atomic mass is 16.5. The number of likely N-dealkylation sites (tertiary alicyclic amines) is 1. The van der Waals surface area contributed by atoms with Crippen LogP contribution < -0.4 is 10.5 Å². The fourth-order valence-electron chi connectivity index (χ4n) is 2.46. The molecule has 1 amide bonds. The lowest BCUT2D eigenvalue weighted by atomic mass is 10.0. The van der Waals surface area contributed by atoms with Crippen molar-refractivity contribution in [1.29, 1.82) is 0 Å². The van der Waals surface area contributed by atoms with Gasteiger partial charge in [-0.15, -0.1) is 0 Å². The van der Waals surface area contributed by atoms with Crippen LogP contribution in [0.1, 0.15) is 31.4 Å². The topological polar surface area (TPSA) is 55.6 Å². The lowest BCUT2D eigenvalue weighted by Crippen LogP contribution is -2.41. The lowest BCUT2D eigenvalue weighted by Gasteiger charge is -2.26. The third-order valence-electron chi connectivity index (χ3n) is 3.43. The molecule has 0 aromatic heterocycles. The Morgan fingerprint density at radius 1 is 1.44 bits per heavy atom. The number of hydrogen-bond acceptors (Lipinski definition) is 3. The van der Waals surface area contributed by atoms with Crippen LogP contribution in [0.3, 0.4) is 0 Å². The molecule has 2 rings (SSSR count). The molecule has 1 aliphatic heterocycles. The van der Waals surface area contributed by atoms with Gasteiger partial charge in [-0.2, -0.15) is 0 Å². The number of amides is 1. The summed E-state index contributed by atoms with van der Waals surface area (Å²) in [6.07, 6.45) is 2.04. The fraction of sp³-hybridized carbons (Fsp3) is 0.500. The van der Waals surface area contributed by atoms with E-state index in [0.29, 0.717) is 0 Å². The van der Waals surface area contributed by atoms with E-state index in [9.17, 15) is 4.79 Å². The average molecular weight is 248 g/mol. The normalized spacial score (nSPS) is 20.8. The minimum absolute atomic E-state index is 0.0355. The summed E-state index contributed by atoms with van der Waals surface area (Å²) in [6, 6.07) is 7.65. The molecule has 4 nitrogen and oxygen atoms in total. The summed E-state index contributed by atoms with van der Waals surface area (Å²) < 4.78 is 5.14.